The number of hydrogen-bond donors (Lipinski definition) is 0. The molecule has 0 bridgehead atoms. The zero-order valence-corrected chi connectivity index (χ0v) is 9.45. The molecule has 0 aliphatic carbocycles. The van der Waals surface area contributed by atoms with E-state index in [0.717, 1.165) is 5.92 Å². The van der Waals surface area contributed by atoms with Gasteiger partial charge in [0.15, 0.2) is 0 Å². The molecule has 2 heteroatoms. The molecule has 0 saturated heterocycles. The first-order valence-electron chi connectivity index (χ1n) is 3.66. The lowest BCUT2D eigenvalue weighted by molar-refractivity contribution is 0.323. The van der Waals surface area contributed by atoms with Crippen LogP contribution in [0.5, 0.6) is 0 Å². The number of halogens is 1. The molecular formula is C8H20ClP. The normalized spacial score (nSPS) is 14.1. The van der Waals surface area contributed by atoms with Gasteiger partial charge in [0.2, 0.25) is 0 Å². The Morgan fingerprint density at radius 1 is 1.30 bits per heavy atom. The highest BCUT2D eigenvalue weighted by molar-refractivity contribution is 7.16. The second-order valence-corrected chi connectivity index (χ2v) is 4.58. The van der Waals surface area contributed by atoms with E-state index in [2.05, 4.69) is 36.9 Å². The van der Waals surface area contributed by atoms with E-state index < -0.39 is 0 Å². The molecule has 0 aromatic heterocycles. The quantitative estimate of drug-likeness (QED) is 0.575. The van der Waals surface area contributed by atoms with Gasteiger partial charge in [0, 0.05) is 0 Å². The fourth-order valence-corrected chi connectivity index (χ4v) is 1.30. The molecule has 0 radical (unpaired) electrons. The lowest BCUT2D eigenvalue weighted by Crippen LogP contribution is -2.11. The van der Waals surface area contributed by atoms with E-state index in [1.165, 1.54) is 12.6 Å². The summed E-state index contributed by atoms with van der Waals surface area (Å²) in [7, 11) is 2.80. The first kappa shape index (κ1) is 13.3. The van der Waals surface area contributed by atoms with Crippen molar-refractivity contribution in [2.75, 3.05) is 6.16 Å². The van der Waals surface area contributed by atoms with Crippen molar-refractivity contribution in [3.8, 4) is 0 Å². The summed E-state index contributed by atoms with van der Waals surface area (Å²) >= 11 is 0. The summed E-state index contributed by atoms with van der Waals surface area (Å²) in [5, 5.41) is 0. The Morgan fingerprint density at radius 2 is 1.70 bits per heavy atom. The van der Waals surface area contributed by atoms with Gasteiger partial charge in [0.05, 0.1) is 0 Å². The van der Waals surface area contributed by atoms with Gasteiger partial charge in [-0.05, 0) is 23.9 Å². The Labute approximate surface area is 73.8 Å². The summed E-state index contributed by atoms with van der Waals surface area (Å²) < 4.78 is 0. The van der Waals surface area contributed by atoms with Crippen molar-refractivity contribution >= 4 is 21.6 Å². The average molecular weight is 183 g/mol. The van der Waals surface area contributed by atoms with E-state index in [1.807, 2.05) is 0 Å². The van der Waals surface area contributed by atoms with Crippen molar-refractivity contribution in [1.29, 1.82) is 0 Å². The standard InChI is InChI=1S/C8H19P.ClH/c1-7(6-9)5-8(2,3)4;/h7H,5-6,9H2,1-4H3;1H. The summed E-state index contributed by atoms with van der Waals surface area (Å²) in [5.41, 5.74) is 0.510. The maximum atomic E-state index is 2.80. The van der Waals surface area contributed by atoms with E-state index in [1.54, 1.807) is 0 Å². The largest absolute Gasteiger partial charge is 0.147 e. The van der Waals surface area contributed by atoms with Crippen LogP contribution in [0.3, 0.4) is 0 Å². The van der Waals surface area contributed by atoms with E-state index in [0.29, 0.717) is 5.41 Å². The lowest BCUT2D eigenvalue weighted by Gasteiger charge is -2.21. The molecule has 0 N–H and O–H groups in total. The predicted octanol–water partition coefficient (Wildman–Crippen LogP) is 3.36. The fourth-order valence-electron chi connectivity index (χ4n) is 1.13. The van der Waals surface area contributed by atoms with Crippen LogP contribution in [0.2, 0.25) is 0 Å². The molecule has 10 heavy (non-hydrogen) atoms. The van der Waals surface area contributed by atoms with E-state index in [9.17, 15) is 0 Å². The van der Waals surface area contributed by atoms with Gasteiger partial charge in [0.25, 0.3) is 0 Å². The van der Waals surface area contributed by atoms with Crippen LogP contribution in [-0.2, 0) is 0 Å². The first-order valence-corrected chi connectivity index (χ1v) is 4.47. The van der Waals surface area contributed by atoms with E-state index >= 15 is 0 Å². The Hall–Kier alpha value is 0.720. The van der Waals surface area contributed by atoms with Crippen LogP contribution < -0.4 is 0 Å². The minimum Gasteiger partial charge on any atom is -0.147 e. The molecule has 2 atom stereocenters. The molecule has 0 rings (SSSR count). The second-order valence-electron chi connectivity index (χ2n) is 4.11. The zero-order chi connectivity index (χ0) is 7.49. The van der Waals surface area contributed by atoms with E-state index in [-0.39, 0.29) is 12.4 Å². The van der Waals surface area contributed by atoms with E-state index in [4.69, 9.17) is 0 Å². The molecule has 64 valence electrons. The first-order chi connectivity index (χ1) is 3.95. The zero-order valence-electron chi connectivity index (χ0n) is 7.48. The van der Waals surface area contributed by atoms with Gasteiger partial charge in [-0.15, -0.1) is 21.6 Å². The molecule has 0 aromatic carbocycles. The summed E-state index contributed by atoms with van der Waals surface area (Å²) in [6, 6.07) is 0. The molecule has 0 saturated carbocycles. The van der Waals surface area contributed by atoms with Crippen molar-refractivity contribution < 1.29 is 0 Å². The Balaban J connectivity index is 0. The highest BCUT2D eigenvalue weighted by atomic mass is 35.5. The van der Waals surface area contributed by atoms with Crippen molar-refractivity contribution in [3.63, 3.8) is 0 Å². The Bertz CT molecular complexity index is 75.8. The van der Waals surface area contributed by atoms with Gasteiger partial charge in [-0.25, -0.2) is 0 Å². The molecule has 0 heterocycles. The minimum absolute atomic E-state index is 0. The van der Waals surface area contributed by atoms with Crippen molar-refractivity contribution in [2.24, 2.45) is 11.3 Å². The summed E-state index contributed by atoms with van der Waals surface area (Å²) in [4.78, 5) is 0. The SMILES string of the molecule is CC(CP)CC(C)(C)C.Cl. The van der Waals surface area contributed by atoms with Crippen LogP contribution in [0.1, 0.15) is 34.1 Å². The van der Waals surface area contributed by atoms with Gasteiger partial charge in [-0.1, -0.05) is 27.7 Å². The van der Waals surface area contributed by atoms with Crippen LogP contribution >= 0.6 is 21.6 Å². The third-order valence-electron chi connectivity index (χ3n) is 1.36. The summed E-state index contributed by atoms with van der Waals surface area (Å²) in [6.45, 7) is 9.19. The molecule has 0 fully saturated rings. The Kier molecular flexibility index (Phi) is 7.17. The van der Waals surface area contributed by atoms with Gasteiger partial charge >= 0.3 is 0 Å². The lowest BCUT2D eigenvalue weighted by atomic mass is 9.86. The van der Waals surface area contributed by atoms with Crippen LogP contribution in [0.25, 0.3) is 0 Å². The highest BCUT2D eigenvalue weighted by Gasteiger charge is 2.13. The molecule has 0 aromatic rings. The molecular weight excluding hydrogens is 163 g/mol. The average Bonchev–Trinajstić information content (AvgIpc) is 1.62. The number of hydrogen-bond acceptors (Lipinski definition) is 0. The summed E-state index contributed by atoms with van der Waals surface area (Å²) in [6.07, 6.45) is 2.56. The van der Waals surface area contributed by atoms with Gasteiger partial charge in [-0.3, -0.25) is 0 Å². The monoisotopic (exact) mass is 182 g/mol. The van der Waals surface area contributed by atoms with Gasteiger partial charge < -0.3 is 0 Å². The third-order valence-corrected chi connectivity index (χ3v) is 2.17. The van der Waals surface area contributed by atoms with Crippen molar-refractivity contribution in [2.45, 2.75) is 34.1 Å². The molecule has 0 aliphatic rings. The van der Waals surface area contributed by atoms with Crippen molar-refractivity contribution in [3.05, 3.63) is 0 Å². The molecule has 0 amide bonds. The highest BCUT2D eigenvalue weighted by Crippen LogP contribution is 2.24. The van der Waals surface area contributed by atoms with Gasteiger partial charge in [0.1, 0.15) is 0 Å². The van der Waals surface area contributed by atoms with Crippen LogP contribution in [-0.4, -0.2) is 6.16 Å². The van der Waals surface area contributed by atoms with Crippen LogP contribution in [0, 0.1) is 11.3 Å². The fraction of sp³-hybridized carbons (Fsp3) is 1.00. The number of rotatable bonds is 2. The summed E-state index contributed by atoms with van der Waals surface area (Å²) in [5.74, 6) is 0.856. The van der Waals surface area contributed by atoms with Gasteiger partial charge in [-0.2, -0.15) is 0 Å². The maximum absolute atomic E-state index is 2.80. The second kappa shape index (κ2) is 5.38. The maximum Gasteiger partial charge on any atom is -0.0355 e. The van der Waals surface area contributed by atoms with Crippen LogP contribution in [0.15, 0.2) is 0 Å². The smallest absolute Gasteiger partial charge is 0.0355 e. The van der Waals surface area contributed by atoms with Crippen LogP contribution in [0.4, 0.5) is 0 Å². The Morgan fingerprint density at radius 3 is 1.80 bits per heavy atom. The molecule has 2 unspecified atom stereocenters. The predicted molar refractivity (Wildman–Crippen MR) is 55.1 cm³/mol. The molecule has 0 spiro atoms. The third kappa shape index (κ3) is 8.72. The topological polar surface area (TPSA) is 0 Å². The van der Waals surface area contributed by atoms with Crippen molar-refractivity contribution in [1.82, 2.24) is 0 Å². The molecule has 0 nitrogen and oxygen atoms in total. The minimum atomic E-state index is 0. The molecule has 0 aliphatic heterocycles.